The largest absolute Gasteiger partial charge is 0.338 e. The van der Waals surface area contributed by atoms with Gasteiger partial charge in [-0.1, -0.05) is 18.2 Å². The molecule has 2 aromatic rings. The molecule has 8 heteroatoms. The number of fused-ring (bicyclic) bond motifs is 1. The van der Waals surface area contributed by atoms with E-state index in [1.807, 2.05) is 23.1 Å². The van der Waals surface area contributed by atoms with Gasteiger partial charge in [-0.15, -0.1) is 0 Å². The van der Waals surface area contributed by atoms with Crippen LogP contribution in [0.4, 0.5) is 11.6 Å². The number of sulfone groups is 1. The maximum Gasteiger partial charge on any atom is 0.257 e. The Morgan fingerprint density at radius 1 is 1.23 bits per heavy atom. The first kappa shape index (κ1) is 17.0. The summed E-state index contributed by atoms with van der Waals surface area (Å²) in [6.45, 7) is 0.812. The summed E-state index contributed by atoms with van der Waals surface area (Å²) in [5.74, 6) is 0.482. The fourth-order valence-electron chi connectivity index (χ4n) is 3.57. The predicted molar refractivity (Wildman–Crippen MR) is 98.3 cm³/mol. The number of nitrogens with zero attached hydrogens (tertiary/aromatic N) is 4. The van der Waals surface area contributed by atoms with Crippen molar-refractivity contribution in [2.24, 2.45) is 0 Å². The lowest BCUT2D eigenvalue weighted by atomic mass is 10.2. The van der Waals surface area contributed by atoms with E-state index in [1.165, 1.54) is 22.9 Å². The fraction of sp³-hybridized carbons (Fsp3) is 0.389. The molecule has 1 aromatic carbocycles. The van der Waals surface area contributed by atoms with Crippen LogP contribution < -0.4 is 4.90 Å². The number of carbonyl (C=O) groups is 1. The first-order valence-electron chi connectivity index (χ1n) is 8.60. The third-order valence-electron chi connectivity index (χ3n) is 5.09. The van der Waals surface area contributed by atoms with Crippen molar-refractivity contribution in [3.63, 3.8) is 0 Å². The van der Waals surface area contributed by atoms with E-state index in [2.05, 4.69) is 16.0 Å². The van der Waals surface area contributed by atoms with E-state index in [1.54, 1.807) is 7.05 Å². The zero-order valence-corrected chi connectivity index (χ0v) is 15.3. The smallest absolute Gasteiger partial charge is 0.257 e. The molecule has 1 atom stereocenters. The van der Waals surface area contributed by atoms with Crippen LogP contribution >= 0.6 is 0 Å². The van der Waals surface area contributed by atoms with E-state index < -0.39 is 9.84 Å². The van der Waals surface area contributed by atoms with Crippen molar-refractivity contribution in [1.82, 2.24) is 14.9 Å². The quantitative estimate of drug-likeness (QED) is 0.810. The van der Waals surface area contributed by atoms with Gasteiger partial charge in [-0.25, -0.2) is 18.4 Å². The molecular formula is C18H20N4O3S. The molecule has 0 N–H and O–H groups in total. The molecule has 0 radical (unpaired) electrons. The summed E-state index contributed by atoms with van der Waals surface area (Å²) in [5, 5.41) is 0. The molecule has 0 bridgehead atoms. The molecule has 1 aromatic heterocycles. The minimum atomic E-state index is -3.03. The van der Waals surface area contributed by atoms with Crippen LogP contribution in [0.15, 0.2) is 36.7 Å². The summed E-state index contributed by atoms with van der Waals surface area (Å²) in [6.07, 6.45) is 4.46. The Bertz CT molecular complexity index is 943. The predicted octanol–water partition coefficient (Wildman–Crippen LogP) is 1.43. The van der Waals surface area contributed by atoms with Crippen LogP contribution in [-0.2, 0) is 16.3 Å². The number of carbonyl (C=O) groups excluding carboxylic acids is 1. The van der Waals surface area contributed by atoms with Crippen LogP contribution in [-0.4, -0.2) is 60.3 Å². The second kappa shape index (κ2) is 6.35. The highest BCUT2D eigenvalue weighted by Gasteiger charge is 2.33. The van der Waals surface area contributed by atoms with Crippen molar-refractivity contribution in [2.45, 2.75) is 18.9 Å². The number of hydrogen-bond donors (Lipinski definition) is 0. The number of hydrogen-bond acceptors (Lipinski definition) is 6. The van der Waals surface area contributed by atoms with Gasteiger partial charge in [0.2, 0.25) is 5.95 Å². The number of aromatic nitrogens is 2. The van der Waals surface area contributed by atoms with Crippen LogP contribution in [0.1, 0.15) is 22.3 Å². The SMILES string of the molecule is CN(C(=O)c1cnc(N2CCc3ccccc32)nc1)C1CCS(=O)(=O)C1. The summed E-state index contributed by atoms with van der Waals surface area (Å²) in [6, 6.07) is 7.86. The van der Waals surface area contributed by atoms with E-state index in [4.69, 9.17) is 0 Å². The van der Waals surface area contributed by atoms with Crippen molar-refractivity contribution < 1.29 is 13.2 Å². The van der Waals surface area contributed by atoms with E-state index >= 15 is 0 Å². The van der Waals surface area contributed by atoms with Gasteiger partial charge in [-0.05, 0) is 24.5 Å². The highest BCUT2D eigenvalue weighted by Crippen LogP contribution is 2.32. The van der Waals surface area contributed by atoms with Gasteiger partial charge in [0.1, 0.15) is 0 Å². The minimum absolute atomic E-state index is 0.0265. The molecule has 1 amide bonds. The second-order valence-electron chi connectivity index (χ2n) is 6.78. The molecular weight excluding hydrogens is 352 g/mol. The van der Waals surface area contributed by atoms with Crippen LogP contribution in [0, 0.1) is 0 Å². The van der Waals surface area contributed by atoms with Gasteiger partial charge in [-0.3, -0.25) is 4.79 Å². The Balaban J connectivity index is 1.51. The number of anilines is 2. The normalized spacial score (nSPS) is 20.8. The van der Waals surface area contributed by atoms with Crippen molar-refractivity contribution in [2.75, 3.05) is 30.0 Å². The summed E-state index contributed by atoms with van der Waals surface area (Å²) in [4.78, 5) is 24.9. The van der Waals surface area contributed by atoms with Gasteiger partial charge in [0.15, 0.2) is 9.84 Å². The fourth-order valence-corrected chi connectivity index (χ4v) is 5.34. The van der Waals surface area contributed by atoms with E-state index in [0.717, 1.165) is 18.7 Å². The lowest BCUT2D eigenvalue weighted by Gasteiger charge is -2.23. The second-order valence-corrected chi connectivity index (χ2v) is 9.00. The van der Waals surface area contributed by atoms with Crippen molar-refractivity contribution in [3.8, 4) is 0 Å². The molecule has 4 rings (SSSR count). The molecule has 0 aliphatic carbocycles. The summed E-state index contributed by atoms with van der Waals surface area (Å²) >= 11 is 0. The summed E-state index contributed by atoms with van der Waals surface area (Å²) in [5.41, 5.74) is 2.73. The number of benzene rings is 1. The lowest BCUT2D eigenvalue weighted by Crippen LogP contribution is -2.38. The molecule has 0 saturated carbocycles. The number of amides is 1. The molecule has 136 valence electrons. The molecule has 2 aliphatic heterocycles. The molecule has 1 fully saturated rings. The first-order chi connectivity index (χ1) is 12.4. The Morgan fingerprint density at radius 3 is 2.65 bits per heavy atom. The first-order valence-corrected chi connectivity index (χ1v) is 10.4. The zero-order chi connectivity index (χ0) is 18.3. The molecule has 0 spiro atoms. The third-order valence-corrected chi connectivity index (χ3v) is 6.84. The molecule has 26 heavy (non-hydrogen) atoms. The average molecular weight is 372 g/mol. The maximum absolute atomic E-state index is 12.6. The van der Waals surface area contributed by atoms with Gasteiger partial charge in [0.25, 0.3) is 5.91 Å². The van der Waals surface area contributed by atoms with Gasteiger partial charge >= 0.3 is 0 Å². The van der Waals surface area contributed by atoms with Crippen LogP contribution in [0.5, 0.6) is 0 Å². The molecule has 3 heterocycles. The molecule has 2 aliphatic rings. The molecule has 7 nitrogen and oxygen atoms in total. The Labute approximate surface area is 152 Å². The monoisotopic (exact) mass is 372 g/mol. The van der Waals surface area contributed by atoms with E-state index in [9.17, 15) is 13.2 Å². The molecule has 1 saturated heterocycles. The Kier molecular flexibility index (Phi) is 4.14. The summed E-state index contributed by atoms with van der Waals surface area (Å²) < 4.78 is 23.3. The number of para-hydroxylation sites is 1. The lowest BCUT2D eigenvalue weighted by molar-refractivity contribution is 0.0747. The van der Waals surface area contributed by atoms with Gasteiger partial charge < -0.3 is 9.80 Å². The highest BCUT2D eigenvalue weighted by molar-refractivity contribution is 7.91. The number of rotatable bonds is 3. The van der Waals surface area contributed by atoms with Gasteiger partial charge in [-0.2, -0.15) is 0 Å². The van der Waals surface area contributed by atoms with Crippen LogP contribution in [0.2, 0.25) is 0 Å². The minimum Gasteiger partial charge on any atom is -0.338 e. The van der Waals surface area contributed by atoms with Gasteiger partial charge in [0.05, 0.1) is 17.1 Å². The highest BCUT2D eigenvalue weighted by atomic mass is 32.2. The molecule has 1 unspecified atom stereocenters. The van der Waals surface area contributed by atoms with Crippen LogP contribution in [0.3, 0.4) is 0 Å². The summed E-state index contributed by atoms with van der Waals surface area (Å²) in [7, 11) is -1.40. The Morgan fingerprint density at radius 2 is 1.96 bits per heavy atom. The van der Waals surface area contributed by atoms with Crippen molar-refractivity contribution >= 4 is 27.4 Å². The third kappa shape index (κ3) is 3.05. The van der Waals surface area contributed by atoms with Crippen molar-refractivity contribution in [3.05, 3.63) is 47.8 Å². The average Bonchev–Trinajstić information content (AvgIpc) is 3.24. The van der Waals surface area contributed by atoms with Gasteiger partial charge in [0, 0.05) is 37.7 Å². The Hall–Kier alpha value is -2.48. The van der Waals surface area contributed by atoms with Crippen LogP contribution in [0.25, 0.3) is 0 Å². The standard InChI is InChI=1S/C18H20N4O3S/c1-21(15-7-9-26(24,25)12-15)17(23)14-10-19-18(20-11-14)22-8-6-13-4-2-3-5-16(13)22/h2-5,10-11,15H,6-9,12H2,1H3. The van der Waals surface area contributed by atoms with E-state index in [0.29, 0.717) is 17.9 Å². The topological polar surface area (TPSA) is 83.5 Å². The van der Waals surface area contributed by atoms with Crippen molar-refractivity contribution in [1.29, 1.82) is 0 Å². The maximum atomic E-state index is 12.6. The zero-order valence-electron chi connectivity index (χ0n) is 14.5. The van der Waals surface area contributed by atoms with E-state index in [-0.39, 0.29) is 23.5 Å².